The fraction of sp³-hybridized carbons (Fsp3) is 0.0455. The monoisotopic (exact) mass is 343 g/mol. The predicted octanol–water partition coefficient (Wildman–Crippen LogP) is 4.79. The number of hydrogen-bond acceptors (Lipinski definition) is 3. The summed E-state index contributed by atoms with van der Waals surface area (Å²) in [6.45, 7) is 0.233. The first-order valence-electron chi connectivity index (χ1n) is 8.33. The molecule has 3 aromatic rings. The lowest BCUT2D eigenvalue weighted by Gasteiger charge is -2.21. The lowest BCUT2D eigenvalue weighted by atomic mass is 10.1. The number of ether oxygens (including phenoxy) is 2. The first kappa shape index (κ1) is 16.0. The van der Waals surface area contributed by atoms with Gasteiger partial charge in [-0.2, -0.15) is 0 Å². The van der Waals surface area contributed by atoms with Crippen LogP contribution in [0.15, 0.2) is 84.9 Å². The van der Waals surface area contributed by atoms with Crippen molar-refractivity contribution < 1.29 is 14.3 Å². The van der Waals surface area contributed by atoms with Gasteiger partial charge in [-0.1, -0.05) is 42.5 Å². The zero-order chi connectivity index (χ0) is 17.8. The fourth-order valence-corrected chi connectivity index (χ4v) is 2.82. The van der Waals surface area contributed by atoms with Gasteiger partial charge in [0.25, 0.3) is 5.91 Å². The van der Waals surface area contributed by atoms with Gasteiger partial charge in [-0.15, -0.1) is 0 Å². The molecule has 0 bridgehead atoms. The standard InChI is InChI=1S/C22H17NO3/c24-22(14-12-17-11-13-20-21(15-17)26-16-25-20)23(18-7-3-1-4-8-18)19-9-5-2-6-10-19/h1-15H,16H2. The lowest BCUT2D eigenvalue weighted by molar-refractivity contribution is -0.113. The minimum Gasteiger partial charge on any atom is -0.454 e. The SMILES string of the molecule is O=C(C=Cc1ccc2c(c1)OCO2)N(c1ccccc1)c1ccccc1. The molecule has 0 aromatic heterocycles. The lowest BCUT2D eigenvalue weighted by Crippen LogP contribution is -2.23. The summed E-state index contributed by atoms with van der Waals surface area (Å²) in [5.74, 6) is 1.30. The molecule has 26 heavy (non-hydrogen) atoms. The molecule has 3 aromatic carbocycles. The van der Waals surface area contributed by atoms with Gasteiger partial charge >= 0.3 is 0 Å². The molecule has 0 spiro atoms. The fourth-order valence-electron chi connectivity index (χ4n) is 2.82. The second-order valence-electron chi connectivity index (χ2n) is 5.79. The van der Waals surface area contributed by atoms with E-state index in [4.69, 9.17) is 9.47 Å². The van der Waals surface area contributed by atoms with Gasteiger partial charge in [0, 0.05) is 17.5 Å². The van der Waals surface area contributed by atoms with E-state index in [1.807, 2.05) is 78.9 Å². The van der Waals surface area contributed by atoms with Gasteiger partial charge in [-0.3, -0.25) is 9.69 Å². The number of benzene rings is 3. The third-order valence-corrected chi connectivity index (χ3v) is 4.06. The first-order chi connectivity index (χ1) is 12.8. The Morgan fingerprint density at radius 2 is 1.42 bits per heavy atom. The van der Waals surface area contributed by atoms with E-state index >= 15 is 0 Å². The highest BCUT2D eigenvalue weighted by Gasteiger charge is 2.16. The Balaban J connectivity index is 1.62. The van der Waals surface area contributed by atoms with Crippen LogP contribution in [0.4, 0.5) is 11.4 Å². The summed E-state index contributed by atoms with van der Waals surface area (Å²) in [6, 6.07) is 24.8. The van der Waals surface area contributed by atoms with Crippen molar-refractivity contribution in [2.45, 2.75) is 0 Å². The smallest absolute Gasteiger partial charge is 0.255 e. The number of carbonyl (C=O) groups is 1. The summed E-state index contributed by atoms with van der Waals surface area (Å²) in [6.07, 6.45) is 3.35. The van der Waals surface area contributed by atoms with Gasteiger partial charge in [0.2, 0.25) is 6.79 Å². The Labute approximate surface area is 151 Å². The van der Waals surface area contributed by atoms with Crippen LogP contribution in [0, 0.1) is 0 Å². The predicted molar refractivity (Wildman–Crippen MR) is 102 cm³/mol. The van der Waals surface area contributed by atoms with Crippen molar-refractivity contribution in [3.05, 3.63) is 90.5 Å². The highest BCUT2D eigenvalue weighted by Crippen LogP contribution is 2.33. The van der Waals surface area contributed by atoms with Crippen molar-refractivity contribution in [2.75, 3.05) is 11.7 Å². The number of amides is 1. The van der Waals surface area contributed by atoms with Crippen LogP contribution in [0.3, 0.4) is 0 Å². The second kappa shape index (κ2) is 7.15. The van der Waals surface area contributed by atoms with Crippen LogP contribution in [0.2, 0.25) is 0 Å². The van der Waals surface area contributed by atoms with E-state index in [9.17, 15) is 4.79 Å². The average molecular weight is 343 g/mol. The van der Waals surface area contributed by atoms with Crippen LogP contribution in [-0.4, -0.2) is 12.7 Å². The van der Waals surface area contributed by atoms with Gasteiger partial charge < -0.3 is 9.47 Å². The summed E-state index contributed by atoms with van der Waals surface area (Å²) in [5, 5.41) is 0. The molecular formula is C22H17NO3. The molecule has 0 radical (unpaired) electrons. The number of para-hydroxylation sites is 2. The zero-order valence-corrected chi connectivity index (χ0v) is 14.0. The number of rotatable bonds is 4. The highest BCUT2D eigenvalue weighted by molar-refractivity contribution is 6.08. The largest absolute Gasteiger partial charge is 0.454 e. The Bertz CT molecular complexity index is 897. The number of hydrogen-bond donors (Lipinski definition) is 0. The minimum atomic E-state index is -0.125. The molecule has 128 valence electrons. The molecular weight excluding hydrogens is 326 g/mol. The van der Waals surface area contributed by atoms with Crippen LogP contribution in [0.1, 0.15) is 5.56 Å². The highest BCUT2D eigenvalue weighted by atomic mass is 16.7. The van der Waals surface area contributed by atoms with E-state index in [1.165, 1.54) is 0 Å². The van der Waals surface area contributed by atoms with Gasteiger partial charge in [-0.25, -0.2) is 0 Å². The van der Waals surface area contributed by atoms with Crippen LogP contribution in [0.25, 0.3) is 6.08 Å². The third-order valence-electron chi connectivity index (χ3n) is 4.06. The van der Waals surface area contributed by atoms with Gasteiger partial charge in [0.1, 0.15) is 0 Å². The molecule has 4 nitrogen and oxygen atoms in total. The van der Waals surface area contributed by atoms with E-state index in [0.29, 0.717) is 5.75 Å². The van der Waals surface area contributed by atoms with Crippen molar-refractivity contribution >= 4 is 23.4 Å². The maximum absolute atomic E-state index is 12.9. The molecule has 1 aliphatic heterocycles. The number of fused-ring (bicyclic) bond motifs is 1. The molecule has 0 fully saturated rings. The Kier molecular flexibility index (Phi) is 4.39. The first-order valence-corrected chi connectivity index (χ1v) is 8.33. The summed E-state index contributed by atoms with van der Waals surface area (Å²) in [4.78, 5) is 14.6. The van der Waals surface area contributed by atoms with Crippen molar-refractivity contribution in [1.29, 1.82) is 0 Å². The van der Waals surface area contributed by atoms with Crippen LogP contribution < -0.4 is 14.4 Å². The van der Waals surface area contributed by atoms with E-state index in [1.54, 1.807) is 17.1 Å². The summed E-state index contributed by atoms with van der Waals surface area (Å²) >= 11 is 0. The molecule has 0 unspecified atom stereocenters. The molecule has 1 heterocycles. The molecule has 1 aliphatic rings. The summed E-state index contributed by atoms with van der Waals surface area (Å²) < 4.78 is 10.7. The van der Waals surface area contributed by atoms with E-state index in [0.717, 1.165) is 22.7 Å². The van der Waals surface area contributed by atoms with Crippen LogP contribution in [-0.2, 0) is 4.79 Å². The molecule has 0 saturated carbocycles. The van der Waals surface area contributed by atoms with Crippen LogP contribution in [0.5, 0.6) is 11.5 Å². The minimum absolute atomic E-state index is 0.125. The third kappa shape index (κ3) is 3.30. The average Bonchev–Trinajstić information content (AvgIpc) is 3.16. The number of nitrogens with zero attached hydrogens (tertiary/aromatic N) is 1. The van der Waals surface area contributed by atoms with Gasteiger partial charge in [0.15, 0.2) is 11.5 Å². The molecule has 4 heteroatoms. The van der Waals surface area contributed by atoms with Gasteiger partial charge in [0.05, 0.1) is 0 Å². The Hall–Kier alpha value is -3.53. The van der Waals surface area contributed by atoms with Crippen molar-refractivity contribution in [3.63, 3.8) is 0 Å². The molecule has 0 saturated heterocycles. The summed E-state index contributed by atoms with van der Waals surface area (Å²) in [5.41, 5.74) is 2.52. The number of anilines is 2. The maximum atomic E-state index is 12.9. The topological polar surface area (TPSA) is 38.8 Å². The summed E-state index contributed by atoms with van der Waals surface area (Å²) in [7, 11) is 0. The Morgan fingerprint density at radius 1 is 0.808 bits per heavy atom. The van der Waals surface area contributed by atoms with Crippen molar-refractivity contribution in [3.8, 4) is 11.5 Å². The molecule has 0 aliphatic carbocycles. The molecule has 4 rings (SSSR count). The van der Waals surface area contributed by atoms with Gasteiger partial charge in [-0.05, 0) is 48.0 Å². The molecule has 0 atom stereocenters. The van der Waals surface area contributed by atoms with Crippen molar-refractivity contribution in [2.24, 2.45) is 0 Å². The molecule has 1 amide bonds. The Morgan fingerprint density at radius 3 is 2.08 bits per heavy atom. The van der Waals surface area contributed by atoms with Crippen LogP contribution >= 0.6 is 0 Å². The van der Waals surface area contributed by atoms with E-state index in [-0.39, 0.29) is 12.7 Å². The second-order valence-corrected chi connectivity index (χ2v) is 5.79. The quantitative estimate of drug-likeness (QED) is 0.639. The van der Waals surface area contributed by atoms with Crippen molar-refractivity contribution in [1.82, 2.24) is 0 Å². The molecule has 0 N–H and O–H groups in total. The van der Waals surface area contributed by atoms with E-state index in [2.05, 4.69) is 0 Å². The van der Waals surface area contributed by atoms with E-state index < -0.39 is 0 Å². The maximum Gasteiger partial charge on any atom is 0.255 e. The number of carbonyl (C=O) groups excluding carboxylic acids is 1. The normalized spacial score (nSPS) is 12.3. The zero-order valence-electron chi connectivity index (χ0n) is 14.0.